The first-order chi connectivity index (χ1) is 6.22. The molecule has 0 unspecified atom stereocenters. The SMILES string of the molecule is COc1cc(CI)c(Br)c(OC)c1. The summed E-state index contributed by atoms with van der Waals surface area (Å²) in [5.41, 5.74) is 1.18. The van der Waals surface area contributed by atoms with Gasteiger partial charge in [-0.1, -0.05) is 22.6 Å². The van der Waals surface area contributed by atoms with Crippen LogP contribution in [0.5, 0.6) is 11.5 Å². The smallest absolute Gasteiger partial charge is 0.137 e. The summed E-state index contributed by atoms with van der Waals surface area (Å²) in [7, 11) is 3.30. The van der Waals surface area contributed by atoms with Crippen LogP contribution in [0.2, 0.25) is 0 Å². The third-order valence-corrected chi connectivity index (χ3v) is 3.41. The first-order valence-electron chi connectivity index (χ1n) is 3.69. The lowest BCUT2D eigenvalue weighted by molar-refractivity contribution is 0.392. The zero-order valence-corrected chi connectivity index (χ0v) is 11.2. The quantitative estimate of drug-likeness (QED) is 0.610. The van der Waals surface area contributed by atoms with Crippen LogP contribution in [0.15, 0.2) is 16.6 Å². The van der Waals surface area contributed by atoms with E-state index in [-0.39, 0.29) is 0 Å². The Morgan fingerprint density at radius 2 is 2.00 bits per heavy atom. The molecule has 0 bridgehead atoms. The van der Waals surface area contributed by atoms with Crippen LogP contribution in [-0.2, 0) is 4.43 Å². The highest BCUT2D eigenvalue weighted by Gasteiger charge is 2.08. The minimum absolute atomic E-state index is 0.811. The van der Waals surface area contributed by atoms with E-state index >= 15 is 0 Å². The van der Waals surface area contributed by atoms with Gasteiger partial charge in [0.1, 0.15) is 11.5 Å². The van der Waals surface area contributed by atoms with Gasteiger partial charge in [-0.05, 0) is 27.6 Å². The molecule has 0 radical (unpaired) electrons. The van der Waals surface area contributed by atoms with Crippen molar-refractivity contribution in [2.75, 3.05) is 14.2 Å². The number of rotatable bonds is 3. The molecule has 2 nitrogen and oxygen atoms in total. The van der Waals surface area contributed by atoms with Gasteiger partial charge in [0.25, 0.3) is 0 Å². The van der Waals surface area contributed by atoms with Crippen LogP contribution in [-0.4, -0.2) is 14.2 Å². The van der Waals surface area contributed by atoms with Gasteiger partial charge in [0, 0.05) is 10.5 Å². The van der Waals surface area contributed by atoms with Crippen LogP contribution in [0.1, 0.15) is 5.56 Å². The number of hydrogen-bond donors (Lipinski definition) is 0. The second kappa shape index (κ2) is 5.05. The van der Waals surface area contributed by atoms with E-state index in [1.54, 1.807) is 14.2 Å². The molecule has 0 saturated carbocycles. The van der Waals surface area contributed by atoms with Crippen molar-refractivity contribution in [3.05, 3.63) is 22.2 Å². The molecule has 72 valence electrons. The Labute approximate surface area is 99.9 Å². The van der Waals surface area contributed by atoms with Crippen molar-refractivity contribution in [3.8, 4) is 11.5 Å². The fourth-order valence-corrected chi connectivity index (χ4v) is 2.65. The van der Waals surface area contributed by atoms with Crippen LogP contribution in [0.3, 0.4) is 0 Å². The van der Waals surface area contributed by atoms with Crippen LogP contribution in [0, 0.1) is 0 Å². The van der Waals surface area contributed by atoms with Gasteiger partial charge in [0.05, 0.1) is 18.7 Å². The maximum Gasteiger partial charge on any atom is 0.137 e. The summed E-state index contributed by atoms with van der Waals surface area (Å²) in [6.45, 7) is 0. The molecule has 0 atom stereocenters. The lowest BCUT2D eigenvalue weighted by Crippen LogP contribution is -1.91. The van der Waals surface area contributed by atoms with Crippen LogP contribution in [0.25, 0.3) is 0 Å². The Morgan fingerprint density at radius 3 is 2.46 bits per heavy atom. The number of ether oxygens (including phenoxy) is 2. The molecule has 0 heterocycles. The number of methoxy groups -OCH3 is 2. The van der Waals surface area contributed by atoms with E-state index in [1.165, 1.54) is 5.56 Å². The van der Waals surface area contributed by atoms with E-state index in [4.69, 9.17) is 9.47 Å². The van der Waals surface area contributed by atoms with Gasteiger partial charge in [-0.25, -0.2) is 0 Å². The van der Waals surface area contributed by atoms with Crippen LogP contribution >= 0.6 is 38.5 Å². The van der Waals surface area contributed by atoms with E-state index in [1.807, 2.05) is 12.1 Å². The molecular weight excluding hydrogens is 347 g/mol. The largest absolute Gasteiger partial charge is 0.497 e. The molecule has 0 aliphatic rings. The van der Waals surface area contributed by atoms with E-state index in [9.17, 15) is 0 Å². The first-order valence-corrected chi connectivity index (χ1v) is 6.01. The van der Waals surface area contributed by atoms with E-state index in [0.29, 0.717) is 0 Å². The highest BCUT2D eigenvalue weighted by Crippen LogP contribution is 2.34. The molecule has 1 aromatic carbocycles. The fourth-order valence-electron chi connectivity index (χ4n) is 0.991. The first kappa shape index (κ1) is 11.1. The molecule has 0 N–H and O–H groups in total. The molecule has 0 aliphatic heterocycles. The predicted molar refractivity (Wildman–Crippen MR) is 65.0 cm³/mol. The topological polar surface area (TPSA) is 18.5 Å². The van der Waals surface area contributed by atoms with Gasteiger partial charge in [-0.2, -0.15) is 0 Å². The summed E-state index contributed by atoms with van der Waals surface area (Å²) in [6.07, 6.45) is 0. The van der Waals surface area contributed by atoms with Crippen molar-refractivity contribution >= 4 is 38.5 Å². The normalized spacial score (nSPS) is 9.85. The van der Waals surface area contributed by atoms with Gasteiger partial charge < -0.3 is 9.47 Å². The minimum atomic E-state index is 0.811. The van der Waals surface area contributed by atoms with Crippen molar-refractivity contribution in [1.29, 1.82) is 0 Å². The Kier molecular flexibility index (Phi) is 4.31. The highest BCUT2D eigenvalue weighted by atomic mass is 127. The summed E-state index contributed by atoms with van der Waals surface area (Å²) in [4.78, 5) is 0. The molecule has 0 aliphatic carbocycles. The van der Waals surface area contributed by atoms with Gasteiger partial charge in [-0.3, -0.25) is 0 Å². The molecule has 0 amide bonds. The Balaban J connectivity index is 3.20. The fraction of sp³-hybridized carbons (Fsp3) is 0.333. The summed E-state index contributed by atoms with van der Waals surface area (Å²) in [5, 5.41) is 0. The van der Waals surface area contributed by atoms with Gasteiger partial charge in [0.15, 0.2) is 0 Å². The number of benzene rings is 1. The molecule has 13 heavy (non-hydrogen) atoms. The molecule has 0 saturated heterocycles. The number of halogens is 2. The predicted octanol–water partition coefficient (Wildman–Crippen LogP) is 3.40. The van der Waals surface area contributed by atoms with Gasteiger partial charge in [0.2, 0.25) is 0 Å². The third-order valence-electron chi connectivity index (χ3n) is 1.69. The summed E-state index contributed by atoms with van der Waals surface area (Å²) >= 11 is 5.78. The maximum atomic E-state index is 5.20. The van der Waals surface area contributed by atoms with Crippen molar-refractivity contribution < 1.29 is 9.47 Å². The second-order valence-electron chi connectivity index (χ2n) is 2.44. The highest BCUT2D eigenvalue weighted by molar-refractivity contribution is 14.1. The lowest BCUT2D eigenvalue weighted by atomic mass is 10.2. The summed E-state index contributed by atoms with van der Waals surface area (Å²) in [5.74, 6) is 1.64. The Hall–Kier alpha value is 0.0300. The number of hydrogen-bond acceptors (Lipinski definition) is 2. The maximum absolute atomic E-state index is 5.20. The van der Waals surface area contributed by atoms with E-state index < -0.39 is 0 Å². The lowest BCUT2D eigenvalue weighted by Gasteiger charge is -2.09. The third kappa shape index (κ3) is 2.49. The monoisotopic (exact) mass is 356 g/mol. The second-order valence-corrected chi connectivity index (χ2v) is 3.99. The van der Waals surface area contributed by atoms with Crippen molar-refractivity contribution in [3.63, 3.8) is 0 Å². The number of alkyl halides is 1. The summed E-state index contributed by atoms with van der Waals surface area (Å²) < 4.78 is 12.3. The zero-order chi connectivity index (χ0) is 9.84. The Morgan fingerprint density at radius 1 is 1.31 bits per heavy atom. The zero-order valence-electron chi connectivity index (χ0n) is 7.43. The van der Waals surface area contributed by atoms with Gasteiger partial charge in [-0.15, -0.1) is 0 Å². The van der Waals surface area contributed by atoms with E-state index in [0.717, 1.165) is 20.4 Å². The molecule has 0 fully saturated rings. The van der Waals surface area contributed by atoms with Crippen molar-refractivity contribution in [1.82, 2.24) is 0 Å². The van der Waals surface area contributed by atoms with Crippen LogP contribution in [0.4, 0.5) is 0 Å². The molecule has 1 aromatic rings. The van der Waals surface area contributed by atoms with Gasteiger partial charge >= 0.3 is 0 Å². The van der Waals surface area contributed by atoms with Crippen molar-refractivity contribution in [2.45, 2.75) is 4.43 Å². The average molecular weight is 357 g/mol. The molecule has 1 rings (SSSR count). The van der Waals surface area contributed by atoms with E-state index in [2.05, 4.69) is 38.5 Å². The molecule has 0 spiro atoms. The standard InChI is InChI=1S/C9H10BrIO2/c1-12-7-3-6(5-11)9(10)8(4-7)13-2/h3-4H,5H2,1-2H3. The molecule has 0 aromatic heterocycles. The minimum Gasteiger partial charge on any atom is -0.497 e. The summed E-state index contributed by atoms with van der Waals surface area (Å²) in [6, 6.07) is 3.86. The van der Waals surface area contributed by atoms with Crippen LogP contribution < -0.4 is 9.47 Å². The molecular formula is C9H10BrIO2. The van der Waals surface area contributed by atoms with Crippen molar-refractivity contribution in [2.24, 2.45) is 0 Å². The Bertz CT molecular complexity index is 277. The average Bonchev–Trinajstić information content (AvgIpc) is 2.18. The molecule has 4 heteroatoms.